The predicted molar refractivity (Wildman–Crippen MR) is 84.2 cm³/mol. The van der Waals surface area contributed by atoms with Crippen LogP contribution >= 0.6 is 0 Å². The molecule has 0 unspecified atom stereocenters. The van der Waals surface area contributed by atoms with Crippen molar-refractivity contribution in [1.29, 1.82) is 0 Å². The van der Waals surface area contributed by atoms with E-state index in [1.165, 1.54) is 0 Å². The first kappa shape index (κ1) is 17.1. The maximum atomic E-state index is 11.9. The van der Waals surface area contributed by atoms with Crippen LogP contribution in [0.4, 0.5) is 0 Å². The van der Waals surface area contributed by atoms with Crippen LogP contribution in [0.25, 0.3) is 0 Å². The van der Waals surface area contributed by atoms with E-state index in [2.05, 4.69) is 10.4 Å². The van der Waals surface area contributed by atoms with E-state index in [1.807, 2.05) is 20.9 Å². The van der Waals surface area contributed by atoms with Crippen LogP contribution in [0.5, 0.6) is 5.75 Å². The van der Waals surface area contributed by atoms with Gasteiger partial charge in [-0.05, 0) is 39.8 Å². The number of aliphatic hydroxyl groups is 1. The van der Waals surface area contributed by atoms with Crippen molar-refractivity contribution < 1.29 is 19.1 Å². The third kappa shape index (κ3) is 3.92. The van der Waals surface area contributed by atoms with Crippen LogP contribution in [-0.4, -0.2) is 33.9 Å². The molecule has 0 saturated carbocycles. The summed E-state index contributed by atoms with van der Waals surface area (Å²) >= 11 is 0. The lowest BCUT2D eigenvalue weighted by Crippen LogP contribution is -2.40. The SMILES string of the molecule is Cc1ccc([C@@](C)(O)CNC(=O)COc2c(C)nn(C)c2C)o1. The number of rotatable bonds is 6. The molecule has 23 heavy (non-hydrogen) atoms. The van der Waals surface area contributed by atoms with E-state index in [-0.39, 0.29) is 19.1 Å². The number of amides is 1. The lowest BCUT2D eigenvalue weighted by molar-refractivity contribution is -0.124. The molecule has 2 aromatic rings. The lowest BCUT2D eigenvalue weighted by Gasteiger charge is -2.21. The quantitative estimate of drug-likeness (QED) is 0.838. The number of ether oxygens (including phenoxy) is 1. The zero-order chi connectivity index (χ0) is 17.2. The molecule has 7 nitrogen and oxygen atoms in total. The van der Waals surface area contributed by atoms with E-state index in [9.17, 15) is 9.90 Å². The third-order valence-electron chi connectivity index (χ3n) is 3.69. The molecule has 0 aliphatic carbocycles. The molecule has 0 radical (unpaired) electrons. The van der Waals surface area contributed by atoms with Crippen molar-refractivity contribution in [3.8, 4) is 5.75 Å². The summed E-state index contributed by atoms with van der Waals surface area (Å²) in [6.45, 7) is 6.97. The zero-order valence-electron chi connectivity index (χ0n) is 14.1. The van der Waals surface area contributed by atoms with Crippen molar-refractivity contribution in [2.45, 2.75) is 33.3 Å². The maximum absolute atomic E-state index is 11.9. The van der Waals surface area contributed by atoms with Gasteiger partial charge in [0, 0.05) is 7.05 Å². The summed E-state index contributed by atoms with van der Waals surface area (Å²) in [4.78, 5) is 11.9. The zero-order valence-corrected chi connectivity index (χ0v) is 14.1. The molecule has 0 fully saturated rings. The van der Waals surface area contributed by atoms with Crippen LogP contribution in [-0.2, 0) is 17.4 Å². The average molecular weight is 321 g/mol. The van der Waals surface area contributed by atoms with Crippen LogP contribution in [0.3, 0.4) is 0 Å². The Morgan fingerprint density at radius 2 is 2.13 bits per heavy atom. The van der Waals surface area contributed by atoms with Crippen molar-refractivity contribution >= 4 is 5.91 Å². The van der Waals surface area contributed by atoms with E-state index in [1.54, 1.807) is 30.7 Å². The van der Waals surface area contributed by atoms with Gasteiger partial charge in [-0.15, -0.1) is 0 Å². The summed E-state index contributed by atoms with van der Waals surface area (Å²) in [5.41, 5.74) is 0.313. The van der Waals surface area contributed by atoms with Gasteiger partial charge in [-0.2, -0.15) is 5.10 Å². The second-order valence-corrected chi connectivity index (χ2v) is 5.87. The van der Waals surface area contributed by atoms with Crippen molar-refractivity contribution in [1.82, 2.24) is 15.1 Å². The van der Waals surface area contributed by atoms with Gasteiger partial charge in [0.15, 0.2) is 12.4 Å². The second kappa shape index (κ2) is 6.45. The molecule has 2 rings (SSSR count). The number of nitrogens with one attached hydrogen (secondary N) is 1. The van der Waals surface area contributed by atoms with Gasteiger partial charge in [0.25, 0.3) is 5.91 Å². The largest absolute Gasteiger partial charge is 0.480 e. The number of hydrogen-bond donors (Lipinski definition) is 2. The smallest absolute Gasteiger partial charge is 0.258 e. The standard InChI is InChI=1S/C16H23N3O4/c1-10-6-7-13(23-10)16(4,21)9-17-14(20)8-22-15-11(2)18-19(5)12(15)3/h6-7,21H,8-9H2,1-5H3,(H,17,20)/t16-/m0/s1. The molecule has 0 aliphatic heterocycles. The van der Waals surface area contributed by atoms with Crippen LogP contribution in [0.2, 0.25) is 0 Å². The van der Waals surface area contributed by atoms with Gasteiger partial charge in [0.1, 0.15) is 22.8 Å². The van der Waals surface area contributed by atoms with Crippen molar-refractivity contribution in [3.63, 3.8) is 0 Å². The minimum absolute atomic E-state index is 0.0349. The molecule has 7 heteroatoms. The molecule has 0 aromatic carbocycles. The molecule has 1 atom stereocenters. The van der Waals surface area contributed by atoms with Crippen LogP contribution in [0.1, 0.15) is 29.8 Å². The van der Waals surface area contributed by atoms with Gasteiger partial charge >= 0.3 is 0 Å². The number of furan rings is 1. The first-order valence-corrected chi connectivity index (χ1v) is 7.39. The Bertz CT molecular complexity index is 700. The molecule has 126 valence electrons. The minimum atomic E-state index is -1.27. The Morgan fingerprint density at radius 1 is 1.43 bits per heavy atom. The summed E-state index contributed by atoms with van der Waals surface area (Å²) < 4.78 is 12.6. The Hall–Kier alpha value is -2.28. The van der Waals surface area contributed by atoms with Crippen LogP contribution in [0.15, 0.2) is 16.5 Å². The van der Waals surface area contributed by atoms with Crippen LogP contribution < -0.4 is 10.1 Å². The summed E-state index contributed by atoms with van der Waals surface area (Å²) in [5.74, 6) is 1.40. The molecule has 0 bridgehead atoms. The number of carbonyl (C=O) groups excluding carboxylic acids is 1. The summed E-state index contributed by atoms with van der Waals surface area (Å²) in [6, 6.07) is 3.46. The average Bonchev–Trinajstić information content (AvgIpc) is 3.01. The minimum Gasteiger partial charge on any atom is -0.480 e. The van der Waals surface area contributed by atoms with Crippen molar-refractivity contribution in [2.75, 3.05) is 13.2 Å². The summed E-state index contributed by atoms with van der Waals surface area (Å²) in [6.07, 6.45) is 0. The van der Waals surface area contributed by atoms with Gasteiger partial charge in [-0.3, -0.25) is 9.48 Å². The first-order valence-electron chi connectivity index (χ1n) is 7.39. The van der Waals surface area contributed by atoms with Gasteiger partial charge in [-0.25, -0.2) is 0 Å². The fourth-order valence-electron chi connectivity index (χ4n) is 2.23. The number of aryl methyl sites for hydroxylation is 3. The Labute approximate surface area is 135 Å². The predicted octanol–water partition coefficient (Wildman–Crippen LogP) is 1.34. The molecule has 0 aliphatic rings. The highest BCUT2D eigenvalue weighted by atomic mass is 16.5. The second-order valence-electron chi connectivity index (χ2n) is 5.87. The molecule has 0 saturated heterocycles. The number of nitrogens with zero attached hydrogens (tertiary/aromatic N) is 2. The van der Waals surface area contributed by atoms with E-state index in [0.717, 1.165) is 11.4 Å². The maximum Gasteiger partial charge on any atom is 0.258 e. The molecule has 2 aromatic heterocycles. The first-order chi connectivity index (χ1) is 10.7. The fraction of sp³-hybridized carbons (Fsp3) is 0.500. The Balaban J connectivity index is 1.88. The fourth-order valence-corrected chi connectivity index (χ4v) is 2.23. The highest BCUT2D eigenvalue weighted by Gasteiger charge is 2.27. The van der Waals surface area contributed by atoms with Gasteiger partial charge in [0.2, 0.25) is 0 Å². The van der Waals surface area contributed by atoms with E-state index in [0.29, 0.717) is 17.3 Å². The van der Waals surface area contributed by atoms with E-state index < -0.39 is 5.60 Å². The molecule has 2 heterocycles. The third-order valence-corrected chi connectivity index (χ3v) is 3.69. The van der Waals surface area contributed by atoms with Crippen LogP contribution in [0, 0.1) is 20.8 Å². The van der Waals surface area contributed by atoms with Crippen molar-refractivity contribution in [3.05, 3.63) is 35.0 Å². The van der Waals surface area contributed by atoms with Gasteiger partial charge < -0.3 is 19.6 Å². The summed E-state index contributed by atoms with van der Waals surface area (Å²) in [5, 5.41) is 17.2. The van der Waals surface area contributed by atoms with Gasteiger partial charge in [-0.1, -0.05) is 0 Å². The molecule has 1 amide bonds. The highest BCUT2D eigenvalue weighted by Crippen LogP contribution is 2.22. The number of aromatic nitrogens is 2. The molecule has 2 N–H and O–H groups in total. The monoisotopic (exact) mass is 321 g/mol. The van der Waals surface area contributed by atoms with E-state index >= 15 is 0 Å². The Morgan fingerprint density at radius 3 is 2.65 bits per heavy atom. The number of carbonyl (C=O) groups is 1. The highest BCUT2D eigenvalue weighted by molar-refractivity contribution is 5.77. The Kier molecular flexibility index (Phi) is 4.79. The molecular formula is C16H23N3O4. The summed E-state index contributed by atoms with van der Waals surface area (Å²) in [7, 11) is 1.82. The van der Waals surface area contributed by atoms with Crippen molar-refractivity contribution in [2.24, 2.45) is 7.05 Å². The molecule has 0 spiro atoms. The topological polar surface area (TPSA) is 89.5 Å². The molecular weight excluding hydrogens is 298 g/mol. The normalized spacial score (nSPS) is 13.7. The lowest BCUT2D eigenvalue weighted by atomic mass is 10.0. The number of hydrogen-bond acceptors (Lipinski definition) is 5. The van der Waals surface area contributed by atoms with Gasteiger partial charge in [0.05, 0.1) is 12.2 Å². The van der Waals surface area contributed by atoms with E-state index in [4.69, 9.17) is 9.15 Å².